The van der Waals surface area contributed by atoms with Crippen LogP contribution >= 0.6 is 0 Å². The summed E-state index contributed by atoms with van der Waals surface area (Å²) in [5, 5.41) is 3.44. The molecule has 0 bridgehead atoms. The lowest BCUT2D eigenvalue weighted by Gasteiger charge is -2.23. The van der Waals surface area contributed by atoms with Crippen LogP contribution in [-0.2, 0) is 6.42 Å². The first-order chi connectivity index (χ1) is 7.25. The van der Waals surface area contributed by atoms with Crippen molar-refractivity contribution >= 4 is 0 Å². The first-order valence-electron chi connectivity index (χ1n) is 5.74. The Morgan fingerprint density at radius 1 is 1.40 bits per heavy atom. The Hall–Kier alpha value is -0.890. The molecule has 1 aromatic carbocycles. The van der Waals surface area contributed by atoms with Gasteiger partial charge in [-0.1, -0.05) is 18.6 Å². The zero-order valence-electron chi connectivity index (χ0n) is 9.22. The van der Waals surface area contributed by atoms with Crippen LogP contribution in [0.5, 0.6) is 0 Å². The van der Waals surface area contributed by atoms with Crippen LogP contribution in [0.25, 0.3) is 0 Å². The van der Waals surface area contributed by atoms with Gasteiger partial charge in [0.05, 0.1) is 0 Å². The van der Waals surface area contributed by atoms with Crippen molar-refractivity contribution in [2.24, 2.45) is 0 Å². The van der Waals surface area contributed by atoms with Crippen LogP contribution in [0.4, 0.5) is 4.39 Å². The number of nitrogens with one attached hydrogen (secondary N) is 1. The summed E-state index contributed by atoms with van der Waals surface area (Å²) in [5.41, 5.74) is 1.84. The van der Waals surface area contributed by atoms with Crippen molar-refractivity contribution in [1.29, 1.82) is 0 Å². The van der Waals surface area contributed by atoms with Crippen LogP contribution in [0.3, 0.4) is 0 Å². The molecular formula is C13H18FN. The predicted octanol–water partition coefficient (Wildman–Crippen LogP) is 2.82. The number of hydrogen-bond acceptors (Lipinski definition) is 1. The molecule has 15 heavy (non-hydrogen) atoms. The summed E-state index contributed by atoms with van der Waals surface area (Å²) in [4.78, 5) is 0. The van der Waals surface area contributed by atoms with Gasteiger partial charge in [-0.15, -0.1) is 0 Å². The lowest BCUT2D eigenvalue weighted by atomic mass is 9.97. The lowest BCUT2D eigenvalue weighted by molar-refractivity contribution is 0.395. The molecule has 1 aromatic rings. The molecule has 0 amide bonds. The van der Waals surface area contributed by atoms with E-state index in [0.717, 1.165) is 24.1 Å². The van der Waals surface area contributed by atoms with E-state index in [-0.39, 0.29) is 5.82 Å². The zero-order valence-corrected chi connectivity index (χ0v) is 9.22. The summed E-state index contributed by atoms with van der Waals surface area (Å²) in [6.45, 7) is 3.00. The van der Waals surface area contributed by atoms with Crippen LogP contribution in [-0.4, -0.2) is 12.6 Å². The molecule has 82 valence electrons. The summed E-state index contributed by atoms with van der Waals surface area (Å²) < 4.78 is 13.6. The van der Waals surface area contributed by atoms with Gasteiger partial charge in [-0.3, -0.25) is 0 Å². The fourth-order valence-corrected chi connectivity index (χ4v) is 2.18. The summed E-state index contributed by atoms with van der Waals surface area (Å²) >= 11 is 0. The van der Waals surface area contributed by atoms with E-state index in [1.54, 1.807) is 6.07 Å². The molecule has 2 rings (SSSR count). The topological polar surface area (TPSA) is 12.0 Å². The third kappa shape index (κ3) is 2.78. The highest BCUT2D eigenvalue weighted by Gasteiger charge is 2.14. The van der Waals surface area contributed by atoms with Gasteiger partial charge in [0.15, 0.2) is 0 Å². The minimum Gasteiger partial charge on any atom is -0.314 e. The highest BCUT2D eigenvalue weighted by molar-refractivity contribution is 5.24. The van der Waals surface area contributed by atoms with Crippen molar-refractivity contribution in [2.75, 3.05) is 6.54 Å². The maximum Gasteiger partial charge on any atom is 0.126 e. The monoisotopic (exact) mass is 207 g/mol. The third-order valence-electron chi connectivity index (χ3n) is 3.09. The SMILES string of the molecule is Cc1ccc(CC2CCCCN2)c(F)c1. The van der Waals surface area contributed by atoms with Gasteiger partial charge in [0.1, 0.15) is 5.82 Å². The van der Waals surface area contributed by atoms with E-state index in [2.05, 4.69) is 5.32 Å². The molecule has 0 saturated carbocycles. The number of halogens is 1. The van der Waals surface area contributed by atoms with Crippen LogP contribution in [0.1, 0.15) is 30.4 Å². The largest absolute Gasteiger partial charge is 0.314 e. The Morgan fingerprint density at radius 3 is 2.93 bits per heavy atom. The van der Waals surface area contributed by atoms with E-state index in [1.165, 1.54) is 19.3 Å². The molecule has 1 nitrogen and oxygen atoms in total. The molecule has 2 heteroatoms. The Balaban J connectivity index is 2.03. The van der Waals surface area contributed by atoms with E-state index < -0.39 is 0 Å². The Labute approximate surface area is 90.7 Å². The fourth-order valence-electron chi connectivity index (χ4n) is 2.18. The van der Waals surface area contributed by atoms with Gasteiger partial charge in [-0.25, -0.2) is 4.39 Å². The first-order valence-corrected chi connectivity index (χ1v) is 5.74. The van der Waals surface area contributed by atoms with Crippen molar-refractivity contribution in [3.63, 3.8) is 0 Å². The number of aryl methyl sites for hydroxylation is 1. The molecule has 1 unspecified atom stereocenters. The second-order valence-electron chi connectivity index (χ2n) is 4.45. The molecule has 1 saturated heterocycles. The Morgan fingerprint density at radius 2 is 2.27 bits per heavy atom. The van der Waals surface area contributed by atoms with Crippen molar-refractivity contribution in [3.05, 3.63) is 35.1 Å². The zero-order chi connectivity index (χ0) is 10.7. The highest BCUT2D eigenvalue weighted by atomic mass is 19.1. The van der Waals surface area contributed by atoms with E-state index in [1.807, 2.05) is 19.1 Å². The molecule has 1 aliphatic heterocycles. The van der Waals surface area contributed by atoms with Gasteiger partial charge in [-0.05, 0) is 49.9 Å². The van der Waals surface area contributed by atoms with Crippen molar-refractivity contribution in [3.8, 4) is 0 Å². The molecule has 1 fully saturated rings. The Bertz CT molecular complexity index is 329. The van der Waals surface area contributed by atoms with E-state index in [0.29, 0.717) is 6.04 Å². The quantitative estimate of drug-likeness (QED) is 0.786. The second-order valence-corrected chi connectivity index (χ2v) is 4.45. The Kier molecular flexibility index (Phi) is 3.37. The molecule has 1 N–H and O–H groups in total. The van der Waals surface area contributed by atoms with Gasteiger partial charge in [0.2, 0.25) is 0 Å². The minimum absolute atomic E-state index is 0.0534. The van der Waals surface area contributed by atoms with E-state index in [9.17, 15) is 4.39 Å². The summed E-state index contributed by atoms with van der Waals surface area (Å²) in [5.74, 6) is -0.0534. The molecule has 1 heterocycles. The smallest absolute Gasteiger partial charge is 0.126 e. The van der Waals surface area contributed by atoms with Crippen LogP contribution < -0.4 is 5.32 Å². The average Bonchev–Trinajstić information content (AvgIpc) is 2.24. The first kappa shape index (κ1) is 10.6. The van der Waals surface area contributed by atoms with Gasteiger partial charge >= 0.3 is 0 Å². The number of hydrogen-bond donors (Lipinski definition) is 1. The summed E-state index contributed by atoms with van der Waals surface area (Å²) in [7, 11) is 0. The standard InChI is InChI=1S/C13H18FN/c1-10-5-6-11(13(14)8-10)9-12-4-2-3-7-15-12/h5-6,8,12,15H,2-4,7,9H2,1H3. The van der Waals surface area contributed by atoms with Gasteiger partial charge in [0.25, 0.3) is 0 Å². The molecule has 0 aromatic heterocycles. The fraction of sp³-hybridized carbons (Fsp3) is 0.538. The summed E-state index contributed by atoms with van der Waals surface area (Å²) in [6.07, 6.45) is 4.53. The summed E-state index contributed by atoms with van der Waals surface area (Å²) in [6, 6.07) is 6.00. The molecule has 1 atom stereocenters. The van der Waals surface area contributed by atoms with Crippen molar-refractivity contribution in [2.45, 2.75) is 38.6 Å². The van der Waals surface area contributed by atoms with Crippen LogP contribution in [0, 0.1) is 12.7 Å². The van der Waals surface area contributed by atoms with E-state index >= 15 is 0 Å². The molecule has 0 aliphatic carbocycles. The number of piperidine rings is 1. The molecule has 0 spiro atoms. The maximum atomic E-state index is 13.6. The molecule has 1 aliphatic rings. The molecular weight excluding hydrogens is 189 g/mol. The molecule has 0 radical (unpaired) electrons. The van der Waals surface area contributed by atoms with E-state index in [4.69, 9.17) is 0 Å². The minimum atomic E-state index is -0.0534. The van der Waals surface area contributed by atoms with Gasteiger partial charge in [0, 0.05) is 6.04 Å². The van der Waals surface area contributed by atoms with Gasteiger partial charge < -0.3 is 5.32 Å². The van der Waals surface area contributed by atoms with Crippen LogP contribution in [0.2, 0.25) is 0 Å². The van der Waals surface area contributed by atoms with Crippen molar-refractivity contribution in [1.82, 2.24) is 5.32 Å². The number of benzene rings is 1. The van der Waals surface area contributed by atoms with Crippen LogP contribution in [0.15, 0.2) is 18.2 Å². The lowest BCUT2D eigenvalue weighted by Crippen LogP contribution is -2.35. The average molecular weight is 207 g/mol. The number of rotatable bonds is 2. The van der Waals surface area contributed by atoms with Gasteiger partial charge in [-0.2, -0.15) is 0 Å². The normalized spacial score (nSPS) is 21.6. The van der Waals surface area contributed by atoms with Crippen molar-refractivity contribution < 1.29 is 4.39 Å². The predicted molar refractivity (Wildman–Crippen MR) is 60.5 cm³/mol. The second kappa shape index (κ2) is 4.75. The maximum absolute atomic E-state index is 13.6. The highest BCUT2D eigenvalue weighted by Crippen LogP contribution is 2.16. The third-order valence-corrected chi connectivity index (χ3v) is 3.09.